The summed E-state index contributed by atoms with van der Waals surface area (Å²) in [4.78, 5) is 0. The summed E-state index contributed by atoms with van der Waals surface area (Å²) in [5.74, 6) is 0.0929. The van der Waals surface area contributed by atoms with Crippen molar-refractivity contribution in [3.05, 3.63) is 33.5 Å². The van der Waals surface area contributed by atoms with Gasteiger partial charge >= 0.3 is 0 Å². The Labute approximate surface area is 97.6 Å². The van der Waals surface area contributed by atoms with Gasteiger partial charge in [-0.15, -0.1) is 11.6 Å². The largest absolute Gasteiger partial charge is 0.207 e. The summed E-state index contributed by atoms with van der Waals surface area (Å²) in [7, 11) is 0. The van der Waals surface area contributed by atoms with E-state index in [1.807, 2.05) is 20.8 Å². The zero-order chi connectivity index (χ0) is 10.9. The van der Waals surface area contributed by atoms with Crippen molar-refractivity contribution in [2.45, 2.75) is 32.1 Å². The standard InChI is InChI=1S/C11H13BrClF/c1-11(2,3)9-5-8(14)4-7(6-13)10(9)12/h4-5H,6H2,1-3H3. The number of hydrogen-bond donors (Lipinski definition) is 0. The lowest BCUT2D eigenvalue weighted by Gasteiger charge is -2.22. The molecule has 0 radical (unpaired) electrons. The normalized spacial score (nSPS) is 11.9. The molecule has 0 heterocycles. The highest BCUT2D eigenvalue weighted by molar-refractivity contribution is 9.10. The molecule has 0 aromatic heterocycles. The lowest BCUT2D eigenvalue weighted by molar-refractivity contribution is 0.567. The average molecular weight is 280 g/mol. The molecule has 3 heteroatoms. The van der Waals surface area contributed by atoms with E-state index in [4.69, 9.17) is 11.6 Å². The van der Waals surface area contributed by atoms with Crippen LogP contribution in [-0.4, -0.2) is 0 Å². The maximum absolute atomic E-state index is 13.2. The lowest BCUT2D eigenvalue weighted by atomic mass is 9.86. The minimum Gasteiger partial charge on any atom is -0.207 e. The van der Waals surface area contributed by atoms with Crippen LogP contribution < -0.4 is 0 Å². The lowest BCUT2D eigenvalue weighted by Crippen LogP contribution is -2.13. The van der Waals surface area contributed by atoms with E-state index >= 15 is 0 Å². The maximum atomic E-state index is 13.2. The van der Waals surface area contributed by atoms with Crippen molar-refractivity contribution < 1.29 is 4.39 Å². The highest BCUT2D eigenvalue weighted by atomic mass is 79.9. The minimum absolute atomic E-state index is 0.0816. The summed E-state index contributed by atoms with van der Waals surface area (Å²) in [6.07, 6.45) is 0. The van der Waals surface area contributed by atoms with Gasteiger partial charge in [0.1, 0.15) is 5.82 Å². The molecule has 78 valence electrons. The zero-order valence-electron chi connectivity index (χ0n) is 8.50. The highest BCUT2D eigenvalue weighted by Crippen LogP contribution is 2.33. The van der Waals surface area contributed by atoms with Crippen molar-refractivity contribution >= 4 is 27.5 Å². The molecule has 0 aliphatic rings. The summed E-state index contributed by atoms with van der Waals surface area (Å²) in [5, 5.41) is 0. The van der Waals surface area contributed by atoms with Crippen LogP contribution in [0.2, 0.25) is 0 Å². The molecule has 0 atom stereocenters. The first-order chi connectivity index (χ1) is 6.36. The van der Waals surface area contributed by atoms with Crippen molar-refractivity contribution in [2.24, 2.45) is 0 Å². The van der Waals surface area contributed by atoms with Crippen LogP contribution in [0, 0.1) is 5.82 Å². The van der Waals surface area contributed by atoms with Gasteiger partial charge in [-0.05, 0) is 28.7 Å². The fraction of sp³-hybridized carbons (Fsp3) is 0.455. The van der Waals surface area contributed by atoms with Crippen LogP contribution in [0.1, 0.15) is 31.9 Å². The smallest absolute Gasteiger partial charge is 0.123 e. The van der Waals surface area contributed by atoms with Gasteiger partial charge in [-0.25, -0.2) is 4.39 Å². The summed E-state index contributed by atoms with van der Waals surface area (Å²) in [6.45, 7) is 6.14. The summed E-state index contributed by atoms with van der Waals surface area (Å²) < 4.78 is 14.2. The molecule has 0 saturated carbocycles. The summed E-state index contributed by atoms with van der Waals surface area (Å²) >= 11 is 9.19. The molecule has 0 aliphatic heterocycles. The number of halogens is 3. The Morgan fingerprint density at radius 1 is 1.36 bits per heavy atom. The van der Waals surface area contributed by atoms with Gasteiger partial charge < -0.3 is 0 Å². The van der Waals surface area contributed by atoms with E-state index in [2.05, 4.69) is 15.9 Å². The Balaban J connectivity index is 3.37. The van der Waals surface area contributed by atoms with Crippen LogP contribution in [0.15, 0.2) is 16.6 Å². The second-order valence-corrected chi connectivity index (χ2v) is 5.37. The van der Waals surface area contributed by atoms with Gasteiger partial charge in [-0.1, -0.05) is 36.7 Å². The molecular weight excluding hydrogens is 266 g/mol. The maximum Gasteiger partial charge on any atom is 0.123 e. The zero-order valence-corrected chi connectivity index (χ0v) is 10.8. The van der Waals surface area contributed by atoms with Gasteiger partial charge in [-0.3, -0.25) is 0 Å². The molecule has 0 spiro atoms. The molecule has 0 saturated heterocycles. The van der Waals surface area contributed by atoms with Gasteiger partial charge in [0.2, 0.25) is 0 Å². The Hall–Kier alpha value is -0.0800. The van der Waals surface area contributed by atoms with Crippen molar-refractivity contribution in [1.29, 1.82) is 0 Å². The van der Waals surface area contributed by atoms with Crippen molar-refractivity contribution in [1.82, 2.24) is 0 Å². The molecule has 1 aromatic rings. The van der Waals surface area contributed by atoms with E-state index in [-0.39, 0.29) is 11.2 Å². The molecule has 0 N–H and O–H groups in total. The predicted octanol–water partition coefficient (Wildman–Crippen LogP) is 4.62. The second kappa shape index (κ2) is 4.19. The van der Waals surface area contributed by atoms with Crippen LogP contribution in [0.3, 0.4) is 0 Å². The van der Waals surface area contributed by atoms with Crippen LogP contribution >= 0.6 is 27.5 Å². The van der Waals surface area contributed by atoms with E-state index in [1.54, 1.807) is 6.07 Å². The molecule has 0 amide bonds. The van der Waals surface area contributed by atoms with Gasteiger partial charge in [0, 0.05) is 10.4 Å². The summed E-state index contributed by atoms with van der Waals surface area (Å²) in [5.41, 5.74) is 1.67. The van der Waals surface area contributed by atoms with E-state index < -0.39 is 0 Å². The summed E-state index contributed by atoms with van der Waals surface area (Å²) in [6, 6.07) is 3.02. The molecular formula is C11H13BrClF. The first-order valence-electron chi connectivity index (χ1n) is 4.40. The Bertz CT molecular complexity index is 342. The molecule has 0 aliphatic carbocycles. The fourth-order valence-electron chi connectivity index (χ4n) is 1.29. The Morgan fingerprint density at radius 3 is 2.36 bits per heavy atom. The first-order valence-corrected chi connectivity index (χ1v) is 5.73. The molecule has 1 aromatic carbocycles. The average Bonchev–Trinajstić information content (AvgIpc) is 2.06. The highest BCUT2D eigenvalue weighted by Gasteiger charge is 2.19. The number of alkyl halides is 1. The van der Waals surface area contributed by atoms with E-state index in [1.165, 1.54) is 6.07 Å². The van der Waals surface area contributed by atoms with Gasteiger partial charge in [-0.2, -0.15) is 0 Å². The molecule has 0 nitrogen and oxygen atoms in total. The SMILES string of the molecule is CC(C)(C)c1cc(F)cc(CCl)c1Br. The Morgan fingerprint density at radius 2 is 1.93 bits per heavy atom. The van der Waals surface area contributed by atoms with Crippen LogP contribution in [-0.2, 0) is 11.3 Å². The molecule has 0 bridgehead atoms. The van der Waals surface area contributed by atoms with E-state index in [0.717, 1.165) is 15.6 Å². The van der Waals surface area contributed by atoms with Crippen molar-refractivity contribution in [3.8, 4) is 0 Å². The third-order valence-corrected chi connectivity index (χ3v) is 3.29. The molecule has 0 unspecified atom stereocenters. The van der Waals surface area contributed by atoms with Gasteiger partial charge in [0.15, 0.2) is 0 Å². The quantitative estimate of drug-likeness (QED) is 0.658. The van der Waals surface area contributed by atoms with E-state index in [9.17, 15) is 4.39 Å². The molecule has 1 rings (SSSR count). The fourth-order valence-corrected chi connectivity index (χ4v) is 2.62. The second-order valence-electron chi connectivity index (χ2n) is 4.31. The number of hydrogen-bond acceptors (Lipinski definition) is 0. The number of rotatable bonds is 1. The predicted molar refractivity (Wildman–Crippen MR) is 62.4 cm³/mol. The minimum atomic E-state index is -0.228. The Kier molecular flexibility index (Phi) is 3.59. The topological polar surface area (TPSA) is 0 Å². The molecule has 14 heavy (non-hydrogen) atoms. The third kappa shape index (κ3) is 2.48. The first kappa shape index (κ1) is 12.0. The van der Waals surface area contributed by atoms with E-state index in [0.29, 0.717) is 5.88 Å². The van der Waals surface area contributed by atoms with Gasteiger partial charge in [0.05, 0.1) is 0 Å². The van der Waals surface area contributed by atoms with Crippen molar-refractivity contribution in [3.63, 3.8) is 0 Å². The number of benzene rings is 1. The van der Waals surface area contributed by atoms with Crippen LogP contribution in [0.25, 0.3) is 0 Å². The van der Waals surface area contributed by atoms with Gasteiger partial charge in [0.25, 0.3) is 0 Å². The molecule has 0 fully saturated rings. The third-order valence-electron chi connectivity index (χ3n) is 2.06. The van der Waals surface area contributed by atoms with Crippen LogP contribution in [0.5, 0.6) is 0 Å². The van der Waals surface area contributed by atoms with Crippen LogP contribution in [0.4, 0.5) is 4.39 Å². The monoisotopic (exact) mass is 278 g/mol. The van der Waals surface area contributed by atoms with Crippen molar-refractivity contribution in [2.75, 3.05) is 0 Å².